The Labute approximate surface area is 84.1 Å². The maximum absolute atomic E-state index is 11.2. The molecule has 0 aromatic heterocycles. The van der Waals surface area contributed by atoms with Gasteiger partial charge in [-0.1, -0.05) is 19.4 Å². The zero-order chi connectivity index (χ0) is 10.2. The summed E-state index contributed by atoms with van der Waals surface area (Å²) in [5.41, 5.74) is 0.487. The summed E-state index contributed by atoms with van der Waals surface area (Å²) >= 11 is 0. The fourth-order valence-electron chi connectivity index (χ4n) is 2.37. The van der Waals surface area contributed by atoms with E-state index in [2.05, 4.69) is 11.3 Å². The molecule has 2 rings (SSSR count). The first-order chi connectivity index (χ1) is 6.68. The van der Waals surface area contributed by atoms with Gasteiger partial charge in [0, 0.05) is 12.0 Å². The zero-order valence-corrected chi connectivity index (χ0v) is 8.54. The molecule has 0 bridgehead atoms. The minimum atomic E-state index is -0.306. The number of hydrogen-bond acceptors (Lipinski definition) is 3. The van der Waals surface area contributed by atoms with Crippen LogP contribution < -0.4 is 0 Å². The third-order valence-corrected chi connectivity index (χ3v) is 3.21. The highest BCUT2D eigenvalue weighted by molar-refractivity contribution is 5.87. The Morgan fingerprint density at radius 3 is 3.07 bits per heavy atom. The minimum absolute atomic E-state index is 0.0521. The fraction of sp³-hybridized carbons (Fsp3) is 0.727. The van der Waals surface area contributed by atoms with E-state index in [1.54, 1.807) is 0 Å². The fourth-order valence-corrected chi connectivity index (χ4v) is 2.37. The Balaban J connectivity index is 1.92. The van der Waals surface area contributed by atoms with Gasteiger partial charge in [0.2, 0.25) is 0 Å². The van der Waals surface area contributed by atoms with E-state index in [0.717, 1.165) is 12.8 Å². The topological polar surface area (TPSA) is 38.8 Å². The van der Waals surface area contributed by atoms with Gasteiger partial charge in [-0.25, -0.2) is 4.79 Å². The lowest BCUT2D eigenvalue weighted by Gasteiger charge is -2.17. The highest BCUT2D eigenvalue weighted by atomic mass is 16.6. The summed E-state index contributed by atoms with van der Waals surface area (Å²) in [5, 5.41) is 0. The molecule has 2 fully saturated rings. The van der Waals surface area contributed by atoms with Crippen molar-refractivity contribution in [3.8, 4) is 0 Å². The SMILES string of the molecule is C=C(CC12CCCCC1O2)C(=O)OC. The second-order valence-corrected chi connectivity index (χ2v) is 4.19. The maximum atomic E-state index is 11.2. The van der Waals surface area contributed by atoms with E-state index in [-0.39, 0.29) is 11.6 Å². The van der Waals surface area contributed by atoms with Crippen LogP contribution in [0.1, 0.15) is 32.1 Å². The average molecular weight is 196 g/mol. The van der Waals surface area contributed by atoms with E-state index in [1.165, 1.54) is 20.0 Å². The Kier molecular flexibility index (Phi) is 2.35. The molecule has 0 spiro atoms. The van der Waals surface area contributed by atoms with Gasteiger partial charge >= 0.3 is 5.97 Å². The number of epoxide rings is 1. The molecule has 3 heteroatoms. The van der Waals surface area contributed by atoms with Crippen LogP contribution in [0.25, 0.3) is 0 Å². The summed E-state index contributed by atoms with van der Waals surface area (Å²) in [6.07, 6.45) is 5.66. The molecule has 0 radical (unpaired) electrons. The number of rotatable bonds is 3. The number of carbonyl (C=O) groups excluding carboxylic acids is 1. The van der Waals surface area contributed by atoms with Crippen molar-refractivity contribution in [2.45, 2.75) is 43.8 Å². The molecular weight excluding hydrogens is 180 g/mol. The molecule has 0 amide bonds. The molecule has 78 valence electrons. The number of ether oxygens (including phenoxy) is 2. The number of methoxy groups -OCH3 is 1. The van der Waals surface area contributed by atoms with Crippen molar-refractivity contribution in [1.82, 2.24) is 0 Å². The zero-order valence-electron chi connectivity index (χ0n) is 8.54. The monoisotopic (exact) mass is 196 g/mol. The van der Waals surface area contributed by atoms with Crippen LogP contribution >= 0.6 is 0 Å². The van der Waals surface area contributed by atoms with E-state index in [1.807, 2.05) is 0 Å². The van der Waals surface area contributed by atoms with E-state index < -0.39 is 0 Å². The highest BCUT2D eigenvalue weighted by Crippen LogP contribution is 2.51. The summed E-state index contributed by atoms with van der Waals surface area (Å²) in [5.74, 6) is -0.306. The predicted molar refractivity (Wildman–Crippen MR) is 51.8 cm³/mol. The van der Waals surface area contributed by atoms with Crippen molar-refractivity contribution < 1.29 is 14.3 Å². The molecule has 2 atom stereocenters. The van der Waals surface area contributed by atoms with E-state index >= 15 is 0 Å². The van der Waals surface area contributed by atoms with Crippen LogP contribution in [-0.4, -0.2) is 24.8 Å². The Bertz CT molecular complexity index is 272. The molecule has 3 nitrogen and oxygen atoms in total. The van der Waals surface area contributed by atoms with Gasteiger partial charge in [0.05, 0.1) is 18.8 Å². The maximum Gasteiger partial charge on any atom is 0.333 e. The van der Waals surface area contributed by atoms with Gasteiger partial charge in [0.15, 0.2) is 0 Å². The third kappa shape index (κ3) is 1.57. The van der Waals surface area contributed by atoms with Crippen molar-refractivity contribution in [3.63, 3.8) is 0 Å². The molecule has 14 heavy (non-hydrogen) atoms. The first-order valence-electron chi connectivity index (χ1n) is 5.12. The van der Waals surface area contributed by atoms with Crippen LogP contribution in [0.3, 0.4) is 0 Å². The molecule has 1 saturated heterocycles. The molecule has 0 N–H and O–H groups in total. The van der Waals surface area contributed by atoms with Crippen molar-refractivity contribution in [2.75, 3.05) is 7.11 Å². The summed E-state index contributed by atoms with van der Waals surface area (Å²) < 4.78 is 10.3. The van der Waals surface area contributed by atoms with Gasteiger partial charge in [0.1, 0.15) is 0 Å². The van der Waals surface area contributed by atoms with Crippen LogP contribution in [0, 0.1) is 0 Å². The quantitative estimate of drug-likeness (QED) is 0.392. The molecule has 0 aromatic carbocycles. The summed E-state index contributed by atoms with van der Waals surface area (Å²) in [6, 6.07) is 0. The lowest BCUT2D eigenvalue weighted by molar-refractivity contribution is -0.136. The second-order valence-electron chi connectivity index (χ2n) is 4.19. The third-order valence-electron chi connectivity index (χ3n) is 3.21. The number of esters is 1. The summed E-state index contributed by atoms with van der Waals surface area (Å²) in [4.78, 5) is 11.2. The van der Waals surface area contributed by atoms with Crippen molar-refractivity contribution in [1.29, 1.82) is 0 Å². The van der Waals surface area contributed by atoms with Crippen LogP contribution in [0.5, 0.6) is 0 Å². The van der Waals surface area contributed by atoms with Gasteiger partial charge in [-0.2, -0.15) is 0 Å². The highest BCUT2D eigenvalue weighted by Gasteiger charge is 2.57. The minimum Gasteiger partial charge on any atom is -0.466 e. The normalized spacial score (nSPS) is 34.5. The predicted octanol–water partition coefficient (Wildman–Crippen LogP) is 1.82. The summed E-state index contributed by atoms with van der Waals surface area (Å²) in [6.45, 7) is 3.74. The second kappa shape index (κ2) is 3.39. The Morgan fingerprint density at radius 1 is 1.64 bits per heavy atom. The molecular formula is C11H16O3. The van der Waals surface area contributed by atoms with Crippen molar-refractivity contribution in [2.24, 2.45) is 0 Å². The standard InChI is InChI=1S/C11H16O3/c1-8(10(12)13-2)7-11-6-4-3-5-9(11)14-11/h9H,1,3-7H2,2H3. The van der Waals surface area contributed by atoms with Crippen LogP contribution in [-0.2, 0) is 14.3 Å². The molecule has 2 aliphatic rings. The Hall–Kier alpha value is -0.830. The van der Waals surface area contributed by atoms with Crippen LogP contribution in [0.15, 0.2) is 12.2 Å². The van der Waals surface area contributed by atoms with Crippen molar-refractivity contribution >= 4 is 5.97 Å². The first kappa shape index (κ1) is 9.71. The largest absolute Gasteiger partial charge is 0.466 e. The Morgan fingerprint density at radius 2 is 2.43 bits per heavy atom. The number of hydrogen-bond donors (Lipinski definition) is 0. The van der Waals surface area contributed by atoms with Gasteiger partial charge in [-0.15, -0.1) is 0 Å². The smallest absolute Gasteiger partial charge is 0.333 e. The first-order valence-corrected chi connectivity index (χ1v) is 5.12. The van der Waals surface area contributed by atoms with Gasteiger partial charge in [0.25, 0.3) is 0 Å². The number of carbonyl (C=O) groups is 1. The summed E-state index contributed by atoms with van der Waals surface area (Å²) in [7, 11) is 1.39. The van der Waals surface area contributed by atoms with E-state index in [9.17, 15) is 4.79 Å². The van der Waals surface area contributed by atoms with Gasteiger partial charge in [-0.05, 0) is 12.8 Å². The molecule has 1 heterocycles. The molecule has 1 saturated carbocycles. The van der Waals surface area contributed by atoms with Gasteiger partial charge in [-0.3, -0.25) is 0 Å². The van der Waals surface area contributed by atoms with Crippen LogP contribution in [0.4, 0.5) is 0 Å². The van der Waals surface area contributed by atoms with E-state index in [0.29, 0.717) is 18.1 Å². The molecule has 1 aliphatic carbocycles. The molecule has 1 aliphatic heterocycles. The molecule has 0 aromatic rings. The lowest BCUT2D eigenvalue weighted by atomic mass is 9.85. The van der Waals surface area contributed by atoms with Gasteiger partial charge < -0.3 is 9.47 Å². The average Bonchev–Trinajstić information content (AvgIpc) is 2.90. The lowest BCUT2D eigenvalue weighted by Crippen LogP contribution is -2.22. The van der Waals surface area contributed by atoms with E-state index in [4.69, 9.17) is 4.74 Å². The van der Waals surface area contributed by atoms with Crippen molar-refractivity contribution in [3.05, 3.63) is 12.2 Å². The number of fused-ring (bicyclic) bond motifs is 1. The molecule has 2 unspecified atom stereocenters. The van der Waals surface area contributed by atoms with Crippen LogP contribution in [0.2, 0.25) is 0 Å².